The van der Waals surface area contributed by atoms with Crippen molar-refractivity contribution in [3.8, 4) is 0 Å². The Hall–Kier alpha value is -3.06. The second-order valence-electron chi connectivity index (χ2n) is 10.7. The molecule has 0 radical (unpaired) electrons. The van der Waals surface area contributed by atoms with Gasteiger partial charge in [-0.25, -0.2) is 4.79 Å². The van der Waals surface area contributed by atoms with Crippen molar-refractivity contribution >= 4 is 35.2 Å². The highest BCUT2D eigenvalue weighted by Crippen LogP contribution is 2.29. The number of hydrogen-bond donors (Lipinski definition) is 2. The molecule has 0 bridgehead atoms. The maximum atomic E-state index is 13.9. The van der Waals surface area contributed by atoms with Crippen LogP contribution in [0.3, 0.4) is 0 Å². The second-order valence-corrected chi connectivity index (χ2v) is 11.1. The second kappa shape index (κ2) is 13.0. The van der Waals surface area contributed by atoms with Crippen molar-refractivity contribution in [1.29, 1.82) is 0 Å². The fraction of sp³-hybridized carbons (Fsp3) is 0.483. The molecule has 7 nitrogen and oxygen atoms in total. The predicted octanol–water partition coefficient (Wildman–Crippen LogP) is 6.42. The molecule has 202 valence electrons. The average Bonchev–Trinajstić information content (AvgIpc) is 2.78. The lowest BCUT2D eigenvalue weighted by molar-refractivity contribution is -0.140. The molecular weight excluding hydrogens is 490 g/mol. The molecule has 0 aliphatic carbocycles. The molecule has 8 heteroatoms. The first-order chi connectivity index (χ1) is 17.2. The quantitative estimate of drug-likeness (QED) is 0.392. The zero-order valence-electron chi connectivity index (χ0n) is 23.1. The first kappa shape index (κ1) is 30.2. The molecule has 2 rings (SSSR count). The number of amides is 3. The highest BCUT2D eigenvalue weighted by molar-refractivity contribution is 6.34. The Bertz CT molecular complexity index is 1070. The van der Waals surface area contributed by atoms with E-state index in [4.69, 9.17) is 16.3 Å². The Labute approximate surface area is 225 Å². The molecule has 0 saturated heterocycles. The number of anilines is 1. The minimum Gasteiger partial charge on any atom is -0.444 e. The largest absolute Gasteiger partial charge is 0.444 e. The molecule has 2 atom stereocenters. The Morgan fingerprint density at radius 2 is 1.65 bits per heavy atom. The molecule has 37 heavy (non-hydrogen) atoms. The van der Waals surface area contributed by atoms with Gasteiger partial charge >= 0.3 is 6.09 Å². The summed E-state index contributed by atoms with van der Waals surface area (Å²) in [5.41, 5.74) is 2.28. The minimum atomic E-state index is -0.941. The van der Waals surface area contributed by atoms with E-state index in [1.54, 1.807) is 26.8 Å². The maximum absolute atomic E-state index is 13.9. The summed E-state index contributed by atoms with van der Waals surface area (Å²) in [6.45, 7) is 15.1. The third-order valence-corrected chi connectivity index (χ3v) is 6.06. The van der Waals surface area contributed by atoms with E-state index in [-0.39, 0.29) is 18.4 Å². The van der Waals surface area contributed by atoms with Gasteiger partial charge in [0.15, 0.2) is 0 Å². The van der Waals surface area contributed by atoms with E-state index in [9.17, 15) is 14.4 Å². The first-order valence-corrected chi connectivity index (χ1v) is 13.0. The lowest BCUT2D eigenvalue weighted by atomic mass is 9.98. The van der Waals surface area contributed by atoms with Crippen molar-refractivity contribution in [2.75, 3.05) is 11.9 Å². The zero-order valence-corrected chi connectivity index (χ0v) is 23.9. The number of carbonyl (C=O) groups excluding carboxylic acids is 3. The van der Waals surface area contributed by atoms with Crippen LogP contribution in [0.4, 0.5) is 10.5 Å². The minimum absolute atomic E-state index is 0.111. The summed E-state index contributed by atoms with van der Waals surface area (Å²) < 4.78 is 5.41. The van der Waals surface area contributed by atoms with Gasteiger partial charge in [-0.3, -0.25) is 9.59 Å². The number of nitrogens with one attached hydrogen (secondary N) is 2. The van der Waals surface area contributed by atoms with E-state index >= 15 is 0 Å². The number of hydrogen-bond acceptors (Lipinski definition) is 4. The topological polar surface area (TPSA) is 87.7 Å². The van der Waals surface area contributed by atoms with E-state index in [0.717, 1.165) is 11.1 Å². The molecular formula is C29H40ClN3O4. The third kappa shape index (κ3) is 8.78. The van der Waals surface area contributed by atoms with Crippen LogP contribution >= 0.6 is 11.6 Å². The lowest BCUT2D eigenvalue weighted by Gasteiger charge is -2.34. The van der Waals surface area contributed by atoms with Crippen molar-refractivity contribution in [3.05, 3.63) is 64.2 Å². The van der Waals surface area contributed by atoms with Gasteiger partial charge in [0.25, 0.3) is 5.91 Å². The maximum Gasteiger partial charge on any atom is 0.408 e. The summed E-state index contributed by atoms with van der Waals surface area (Å²) in [6, 6.07) is 11.1. The average molecular weight is 530 g/mol. The Morgan fingerprint density at radius 3 is 2.16 bits per heavy atom. The van der Waals surface area contributed by atoms with E-state index in [1.807, 2.05) is 71.0 Å². The molecule has 3 amide bonds. The summed E-state index contributed by atoms with van der Waals surface area (Å²) in [4.78, 5) is 41.8. The molecule has 2 aromatic carbocycles. The summed E-state index contributed by atoms with van der Waals surface area (Å²) in [6.07, 6.45) is -0.286. The van der Waals surface area contributed by atoms with Crippen molar-refractivity contribution in [2.24, 2.45) is 5.92 Å². The fourth-order valence-electron chi connectivity index (χ4n) is 4.01. The van der Waals surface area contributed by atoms with Crippen LogP contribution in [0.2, 0.25) is 5.02 Å². The molecule has 0 heterocycles. The number of alkyl carbamates (subject to hydrolysis) is 1. The highest BCUT2D eigenvalue weighted by Gasteiger charge is 2.36. The molecule has 0 aromatic heterocycles. The Morgan fingerprint density at radius 1 is 1.03 bits per heavy atom. The number of ether oxygens (including phenoxy) is 1. The van der Waals surface area contributed by atoms with Crippen LogP contribution in [-0.4, -0.2) is 41.0 Å². The number of carbonyl (C=O) groups is 3. The van der Waals surface area contributed by atoms with Gasteiger partial charge in [-0.05, 0) is 71.1 Å². The van der Waals surface area contributed by atoms with Crippen LogP contribution in [0, 0.1) is 19.8 Å². The number of benzene rings is 2. The molecule has 0 aliphatic heterocycles. The predicted molar refractivity (Wildman–Crippen MR) is 149 cm³/mol. The summed E-state index contributed by atoms with van der Waals surface area (Å²) in [5, 5.41) is 6.08. The lowest BCUT2D eigenvalue weighted by Crippen LogP contribution is -2.52. The van der Waals surface area contributed by atoms with Crippen LogP contribution in [0.25, 0.3) is 0 Å². The van der Waals surface area contributed by atoms with Gasteiger partial charge in [0.1, 0.15) is 17.7 Å². The van der Waals surface area contributed by atoms with Gasteiger partial charge in [0.05, 0.1) is 10.7 Å². The number of nitrogens with zero attached hydrogens (tertiary/aromatic N) is 1. The van der Waals surface area contributed by atoms with Crippen LogP contribution in [0.5, 0.6) is 0 Å². The van der Waals surface area contributed by atoms with E-state index in [1.165, 1.54) is 4.90 Å². The van der Waals surface area contributed by atoms with Crippen LogP contribution in [0.1, 0.15) is 70.7 Å². The zero-order chi connectivity index (χ0) is 27.9. The number of aryl methyl sites for hydroxylation is 2. The third-order valence-electron chi connectivity index (χ3n) is 5.74. The number of likely N-dealkylation sites (N-methyl/N-ethyl adjacent to an activating group) is 1. The van der Waals surface area contributed by atoms with Gasteiger partial charge < -0.3 is 20.3 Å². The normalized spacial score (nSPS) is 13.0. The van der Waals surface area contributed by atoms with E-state index in [2.05, 4.69) is 10.6 Å². The van der Waals surface area contributed by atoms with Gasteiger partial charge in [0.2, 0.25) is 5.91 Å². The molecule has 0 fully saturated rings. The van der Waals surface area contributed by atoms with E-state index in [0.29, 0.717) is 22.7 Å². The summed E-state index contributed by atoms with van der Waals surface area (Å²) >= 11 is 6.38. The molecule has 0 saturated carbocycles. The van der Waals surface area contributed by atoms with Crippen LogP contribution in [0.15, 0.2) is 42.5 Å². The van der Waals surface area contributed by atoms with Crippen molar-refractivity contribution < 1.29 is 19.1 Å². The van der Waals surface area contributed by atoms with Crippen molar-refractivity contribution in [3.63, 3.8) is 0 Å². The number of rotatable bonds is 9. The Balaban J connectivity index is 2.48. The van der Waals surface area contributed by atoms with Crippen LogP contribution < -0.4 is 10.6 Å². The summed E-state index contributed by atoms with van der Waals surface area (Å²) in [5.74, 6) is -0.644. The summed E-state index contributed by atoms with van der Waals surface area (Å²) in [7, 11) is 0. The first-order valence-electron chi connectivity index (χ1n) is 12.7. The standard InChI is InChI=1S/C29H40ClN3O4/c1-9-33(27(35)23(17-18(2)3)31-28(36)37-29(6,7)8)25(21-15-13-19(4)14-16-21)26(34)32-24-20(5)11-10-12-22(24)30/h10-16,18,23,25H,9,17H2,1-8H3,(H,31,36)(H,32,34). The van der Waals surface area contributed by atoms with Gasteiger partial charge in [-0.15, -0.1) is 0 Å². The highest BCUT2D eigenvalue weighted by atomic mass is 35.5. The smallest absolute Gasteiger partial charge is 0.408 e. The molecule has 2 N–H and O–H groups in total. The number of halogens is 1. The Kier molecular flexibility index (Phi) is 10.6. The number of para-hydroxylation sites is 1. The molecule has 2 unspecified atom stereocenters. The van der Waals surface area contributed by atoms with Gasteiger partial charge in [0, 0.05) is 6.54 Å². The van der Waals surface area contributed by atoms with Gasteiger partial charge in [-0.2, -0.15) is 0 Å². The van der Waals surface area contributed by atoms with Gasteiger partial charge in [-0.1, -0.05) is 67.4 Å². The molecule has 0 aliphatic rings. The fourth-order valence-corrected chi connectivity index (χ4v) is 4.28. The van der Waals surface area contributed by atoms with Crippen molar-refractivity contribution in [1.82, 2.24) is 10.2 Å². The monoisotopic (exact) mass is 529 g/mol. The van der Waals surface area contributed by atoms with Crippen LogP contribution in [-0.2, 0) is 14.3 Å². The molecule has 0 spiro atoms. The van der Waals surface area contributed by atoms with E-state index < -0.39 is 29.7 Å². The van der Waals surface area contributed by atoms with Crippen molar-refractivity contribution in [2.45, 2.75) is 79.5 Å². The SMILES string of the molecule is CCN(C(=O)C(CC(C)C)NC(=O)OC(C)(C)C)C(C(=O)Nc1c(C)cccc1Cl)c1ccc(C)cc1. The molecule has 2 aromatic rings.